The van der Waals surface area contributed by atoms with Crippen molar-refractivity contribution in [2.45, 2.75) is 6.61 Å². The Hall–Kier alpha value is -2.67. The molecular formula is C17H15ClF2N2O3. The van der Waals surface area contributed by atoms with Gasteiger partial charge in [0.2, 0.25) is 5.91 Å². The largest absolute Gasteiger partial charge is 0.435 e. The molecule has 2 amide bonds. The van der Waals surface area contributed by atoms with E-state index in [9.17, 15) is 18.4 Å². The van der Waals surface area contributed by atoms with E-state index in [0.29, 0.717) is 10.7 Å². The number of nitrogens with one attached hydrogen (secondary N) is 1. The average Bonchev–Trinajstić information content (AvgIpc) is 2.56. The molecule has 25 heavy (non-hydrogen) atoms. The molecule has 8 heteroatoms. The van der Waals surface area contributed by atoms with Crippen molar-refractivity contribution in [2.24, 2.45) is 0 Å². The molecule has 2 aromatic rings. The third-order valence-electron chi connectivity index (χ3n) is 3.18. The number of rotatable bonds is 6. The van der Waals surface area contributed by atoms with Gasteiger partial charge in [-0.2, -0.15) is 8.78 Å². The van der Waals surface area contributed by atoms with E-state index in [-0.39, 0.29) is 23.8 Å². The van der Waals surface area contributed by atoms with Crippen LogP contribution in [0.4, 0.5) is 14.5 Å². The van der Waals surface area contributed by atoms with E-state index < -0.39 is 12.5 Å². The van der Waals surface area contributed by atoms with Gasteiger partial charge in [-0.1, -0.05) is 11.6 Å². The molecule has 0 aliphatic rings. The van der Waals surface area contributed by atoms with E-state index in [0.717, 1.165) is 0 Å². The molecule has 0 aliphatic heterocycles. The van der Waals surface area contributed by atoms with Gasteiger partial charge in [0.1, 0.15) is 5.75 Å². The second-order valence-electron chi connectivity index (χ2n) is 5.12. The molecule has 0 atom stereocenters. The number of halogens is 3. The minimum absolute atomic E-state index is 0.0466. The molecule has 0 radical (unpaired) electrons. The molecular weight excluding hydrogens is 354 g/mol. The third kappa shape index (κ3) is 5.72. The summed E-state index contributed by atoms with van der Waals surface area (Å²) in [4.78, 5) is 25.4. The fourth-order valence-corrected chi connectivity index (χ4v) is 2.15. The highest BCUT2D eigenvalue weighted by atomic mass is 35.5. The number of amides is 2. The van der Waals surface area contributed by atoms with Crippen LogP contribution in [0.15, 0.2) is 48.5 Å². The molecule has 0 fully saturated rings. The third-order valence-corrected chi connectivity index (χ3v) is 3.43. The van der Waals surface area contributed by atoms with Gasteiger partial charge in [-0.15, -0.1) is 0 Å². The first-order valence-corrected chi connectivity index (χ1v) is 7.58. The monoisotopic (exact) mass is 368 g/mol. The molecule has 0 unspecified atom stereocenters. The van der Waals surface area contributed by atoms with Crippen LogP contribution >= 0.6 is 11.6 Å². The molecule has 0 aromatic heterocycles. The van der Waals surface area contributed by atoms with E-state index >= 15 is 0 Å². The maximum Gasteiger partial charge on any atom is 0.387 e. The van der Waals surface area contributed by atoms with Crippen LogP contribution in [-0.2, 0) is 4.79 Å². The molecule has 0 saturated carbocycles. The van der Waals surface area contributed by atoms with Crippen LogP contribution in [0.3, 0.4) is 0 Å². The summed E-state index contributed by atoms with van der Waals surface area (Å²) >= 11 is 5.76. The number of alkyl halides is 2. The van der Waals surface area contributed by atoms with Crippen LogP contribution in [0.25, 0.3) is 0 Å². The summed E-state index contributed by atoms with van der Waals surface area (Å²) < 4.78 is 28.4. The van der Waals surface area contributed by atoms with Gasteiger partial charge in [0, 0.05) is 23.3 Å². The van der Waals surface area contributed by atoms with Crippen molar-refractivity contribution in [1.82, 2.24) is 4.90 Å². The zero-order valence-electron chi connectivity index (χ0n) is 13.2. The summed E-state index contributed by atoms with van der Waals surface area (Å²) in [7, 11) is 1.47. The molecule has 0 saturated heterocycles. The Morgan fingerprint density at radius 3 is 2.28 bits per heavy atom. The van der Waals surface area contributed by atoms with Gasteiger partial charge >= 0.3 is 6.61 Å². The van der Waals surface area contributed by atoms with Crippen molar-refractivity contribution in [3.05, 3.63) is 59.1 Å². The number of hydrogen-bond donors (Lipinski definition) is 1. The summed E-state index contributed by atoms with van der Waals surface area (Å²) in [5.74, 6) is -0.847. The lowest BCUT2D eigenvalue weighted by Crippen LogP contribution is -2.34. The van der Waals surface area contributed by atoms with Crippen molar-refractivity contribution >= 4 is 29.1 Å². The predicted molar refractivity (Wildman–Crippen MR) is 90.1 cm³/mol. The minimum atomic E-state index is -2.93. The molecule has 2 aromatic carbocycles. The molecule has 2 rings (SSSR count). The number of carbonyl (C=O) groups excluding carboxylic acids is 2. The summed E-state index contributed by atoms with van der Waals surface area (Å²) in [6, 6.07) is 11.8. The maximum absolute atomic E-state index is 12.3. The lowest BCUT2D eigenvalue weighted by molar-refractivity contribution is -0.116. The topological polar surface area (TPSA) is 58.6 Å². The van der Waals surface area contributed by atoms with Crippen LogP contribution in [0, 0.1) is 0 Å². The van der Waals surface area contributed by atoms with E-state index in [1.54, 1.807) is 24.3 Å². The Balaban J connectivity index is 1.92. The van der Waals surface area contributed by atoms with Crippen molar-refractivity contribution in [3.63, 3.8) is 0 Å². The summed E-state index contributed by atoms with van der Waals surface area (Å²) in [6.07, 6.45) is 0. The molecule has 0 spiro atoms. The molecule has 5 nitrogen and oxygen atoms in total. The maximum atomic E-state index is 12.3. The lowest BCUT2D eigenvalue weighted by atomic mass is 10.2. The van der Waals surface area contributed by atoms with Gasteiger partial charge in [0.15, 0.2) is 0 Å². The number of likely N-dealkylation sites (N-methyl/N-ethyl adjacent to an activating group) is 1. The van der Waals surface area contributed by atoms with Crippen molar-refractivity contribution in [1.29, 1.82) is 0 Å². The van der Waals surface area contributed by atoms with Crippen LogP contribution in [0.1, 0.15) is 10.4 Å². The van der Waals surface area contributed by atoms with E-state index in [4.69, 9.17) is 11.6 Å². The highest BCUT2D eigenvalue weighted by Gasteiger charge is 2.15. The quantitative estimate of drug-likeness (QED) is 0.846. The summed E-state index contributed by atoms with van der Waals surface area (Å²) in [5, 5.41) is 3.19. The van der Waals surface area contributed by atoms with E-state index in [2.05, 4.69) is 10.1 Å². The van der Waals surface area contributed by atoms with E-state index in [1.807, 2.05) is 0 Å². The molecule has 0 aliphatic carbocycles. The Kier molecular flexibility index (Phi) is 6.30. The van der Waals surface area contributed by atoms with Crippen molar-refractivity contribution in [2.75, 3.05) is 18.9 Å². The zero-order valence-corrected chi connectivity index (χ0v) is 14.0. The fraction of sp³-hybridized carbons (Fsp3) is 0.176. The average molecular weight is 369 g/mol. The van der Waals surface area contributed by atoms with E-state index in [1.165, 1.54) is 36.2 Å². The SMILES string of the molecule is CN(CC(=O)Nc1ccc(Cl)cc1)C(=O)c1ccc(OC(F)F)cc1. The van der Waals surface area contributed by atoms with Gasteiger partial charge in [-0.05, 0) is 48.5 Å². The second kappa shape index (κ2) is 8.43. The molecule has 132 valence electrons. The zero-order chi connectivity index (χ0) is 18.4. The van der Waals surface area contributed by atoms with Crippen LogP contribution in [0.5, 0.6) is 5.75 Å². The Labute approximate surface area is 148 Å². The van der Waals surface area contributed by atoms with Gasteiger partial charge in [0.05, 0.1) is 6.54 Å². The first kappa shape index (κ1) is 18.7. The van der Waals surface area contributed by atoms with Gasteiger partial charge < -0.3 is 15.0 Å². The molecule has 0 bridgehead atoms. The van der Waals surface area contributed by atoms with Gasteiger partial charge in [0.25, 0.3) is 5.91 Å². The Bertz CT molecular complexity index is 737. The fourth-order valence-electron chi connectivity index (χ4n) is 2.02. The minimum Gasteiger partial charge on any atom is -0.435 e. The summed E-state index contributed by atoms with van der Waals surface area (Å²) in [5.41, 5.74) is 0.812. The highest BCUT2D eigenvalue weighted by Crippen LogP contribution is 2.16. The number of benzene rings is 2. The Morgan fingerprint density at radius 2 is 1.72 bits per heavy atom. The smallest absolute Gasteiger partial charge is 0.387 e. The first-order chi connectivity index (χ1) is 11.8. The number of nitrogens with zero attached hydrogens (tertiary/aromatic N) is 1. The van der Waals surface area contributed by atoms with Crippen molar-refractivity contribution < 1.29 is 23.1 Å². The first-order valence-electron chi connectivity index (χ1n) is 7.21. The standard InChI is InChI=1S/C17H15ClF2N2O3/c1-22(10-15(23)21-13-6-4-12(18)5-7-13)16(24)11-2-8-14(9-3-11)25-17(19)20/h2-9,17H,10H2,1H3,(H,21,23). The number of anilines is 1. The predicted octanol–water partition coefficient (Wildman–Crippen LogP) is 3.65. The van der Waals surface area contributed by atoms with Gasteiger partial charge in [-0.25, -0.2) is 0 Å². The van der Waals surface area contributed by atoms with Gasteiger partial charge in [-0.3, -0.25) is 9.59 Å². The Morgan fingerprint density at radius 1 is 1.12 bits per heavy atom. The number of carbonyl (C=O) groups is 2. The number of ether oxygens (including phenoxy) is 1. The summed E-state index contributed by atoms with van der Waals surface area (Å²) in [6.45, 7) is -3.10. The highest BCUT2D eigenvalue weighted by molar-refractivity contribution is 6.30. The lowest BCUT2D eigenvalue weighted by Gasteiger charge is -2.17. The van der Waals surface area contributed by atoms with Crippen LogP contribution in [0.2, 0.25) is 5.02 Å². The second-order valence-corrected chi connectivity index (χ2v) is 5.56. The van der Waals surface area contributed by atoms with Crippen LogP contribution in [-0.4, -0.2) is 36.9 Å². The van der Waals surface area contributed by atoms with Crippen molar-refractivity contribution in [3.8, 4) is 5.75 Å². The number of hydrogen-bond acceptors (Lipinski definition) is 3. The molecule has 0 heterocycles. The normalized spacial score (nSPS) is 10.4. The molecule has 1 N–H and O–H groups in total. The van der Waals surface area contributed by atoms with Crippen LogP contribution < -0.4 is 10.1 Å².